The summed E-state index contributed by atoms with van der Waals surface area (Å²) >= 11 is 0. The number of esters is 1. The minimum absolute atomic E-state index is 0.316. The van der Waals surface area contributed by atoms with Crippen LogP contribution in [0.3, 0.4) is 0 Å². The molecule has 0 radical (unpaired) electrons. The molecule has 0 saturated carbocycles. The number of carbonyl (C=O) groups is 1. The van der Waals surface area contributed by atoms with E-state index < -0.39 is 0 Å². The van der Waals surface area contributed by atoms with E-state index in [4.69, 9.17) is 4.74 Å². The summed E-state index contributed by atoms with van der Waals surface area (Å²) in [4.78, 5) is 15.3. The highest BCUT2D eigenvalue weighted by Gasteiger charge is 2.15. The summed E-state index contributed by atoms with van der Waals surface area (Å²) in [5.74, 6) is 0.381. The molecule has 5 nitrogen and oxygen atoms in total. The Labute approximate surface area is 93.8 Å². The Morgan fingerprint density at radius 2 is 2.50 bits per heavy atom. The number of hydrogen-bond acceptors (Lipinski definition) is 5. The summed E-state index contributed by atoms with van der Waals surface area (Å²) in [7, 11) is 1.35. The SMILES string of the molecule is COC(=O)c1ccc(N[C@H]2CCOC2)nc1. The molecule has 1 N–H and O–H groups in total. The Kier molecular flexibility index (Phi) is 3.36. The van der Waals surface area contributed by atoms with Crippen LogP contribution in [0.25, 0.3) is 0 Å². The van der Waals surface area contributed by atoms with Crippen LogP contribution in [0.2, 0.25) is 0 Å². The number of nitrogens with zero attached hydrogens (tertiary/aromatic N) is 1. The maximum atomic E-state index is 11.2. The number of rotatable bonds is 3. The van der Waals surface area contributed by atoms with Gasteiger partial charge in [-0.3, -0.25) is 0 Å². The zero-order chi connectivity index (χ0) is 11.4. The van der Waals surface area contributed by atoms with Crippen LogP contribution >= 0.6 is 0 Å². The Morgan fingerprint density at radius 1 is 1.62 bits per heavy atom. The van der Waals surface area contributed by atoms with Crippen molar-refractivity contribution in [2.75, 3.05) is 25.6 Å². The van der Waals surface area contributed by atoms with Crippen LogP contribution in [-0.4, -0.2) is 37.3 Å². The van der Waals surface area contributed by atoms with Crippen molar-refractivity contribution in [3.05, 3.63) is 23.9 Å². The second-order valence-electron chi connectivity index (χ2n) is 3.63. The van der Waals surface area contributed by atoms with Crippen molar-refractivity contribution in [1.29, 1.82) is 0 Å². The van der Waals surface area contributed by atoms with E-state index in [-0.39, 0.29) is 5.97 Å². The molecule has 0 unspecified atom stereocenters. The highest BCUT2D eigenvalue weighted by atomic mass is 16.5. The predicted molar refractivity (Wildman–Crippen MR) is 58.4 cm³/mol. The zero-order valence-corrected chi connectivity index (χ0v) is 9.10. The monoisotopic (exact) mass is 222 g/mol. The van der Waals surface area contributed by atoms with Gasteiger partial charge in [-0.15, -0.1) is 0 Å². The van der Waals surface area contributed by atoms with Gasteiger partial charge in [0.1, 0.15) is 5.82 Å². The second-order valence-corrected chi connectivity index (χ2v) is 3.63. The highest BCUT2D eigenvalue weighted by molar-refractivity contribution is 5.89. The third-order valence-electron chi connectivity index (χ3n) is 2.47. The van der Waals surface area contributed by atoms with Crippen LogP contribution in [0.4, 0.5) is 5.82 Å². The standard InChI is InChI=1S/C11H14N2O3/c1-15-11(14)8-2-3-10(12-6-8)13-9-4-5-16-7-9/h2-3,6,9H,4-5,7H2,1H3,(H,12,13)/t9-/m0/s1. The molecule has 5 heteroatoms. The van der Waals surface area contributed by atoms with Gasteiger partial charge in [0.15, 0.2) is 0 Å². The lowest BCUT2D eigenvalue weighted by molar-refractivity contribution is 0.0600. The third kappa shape index (κ3) is 2.49. The molecular weight excluding hydrogens is 208 g/mol. The largest absolute Gasteiger partial charge is 0.465 e. The Hall–Kier alpha value is -1.62. The van der Waals surface area contributed by atoms with Crippen LogP contribution in [0, 0.1) is 0 Å². The van der Waals surface area contributed by atoms with E-state index in [1.165, 1.54) is 13.3 Å². The molecule has 1 saturated heterocycles. The molecule has 0 spiro atoms. The number of anilines is 1. The second kappa shape index (κ2) is 4.94. The minimum Gasteiger partial charge on any atom is -0.465 e. The smallest absolute Gasteiger partial charge is 0.339 e. The molecule has 2 rings (SSSR count). The summed E-state index contributed by atoms with van der Waals surface area (Å²) in [6, 6.07) is 3.78. The first-order valence-electron chi connectivity index (χ1n) is 5.18. The first-order chi connectivity index (χ1) is 7.79. The Balaban J connectivity index is 1.98. The lowest BCUT2D eigenvalue weighted by Gasteiger charge is -2.10. The zero-order valence-electron chi connectivity index (χ0n) is 9.10. The van der Waals surface area contributed by atoms with Gasteiger partial charge in [0.05, 0.1) is 25.3 Å². The van der Waals surface area contributed by atoms with Gasteiger partial charge in [-0.1, -0.05) is 0 Å². The van der Waals surface area contributed by atoms with E-state index in [1.807, 2.05) is 0 Å². The van der Waals surface area contributed by atoms with E-state index in [0.29, 0.717) is 18.2 Å². The fourth-order valence-electron chi connectivity index (χ4n) is 1.58. The number of ether oxygens (including phenoxy) is 2. The molecule has 2 heterocycles. The molecule has 1 fully saturated rings. The maximum absolute atomic E-state index is 11.2. The van der Waals surface area contributed by atoms with Crippen molar-refractivity contribution in [1.82, 2.24) is 4.98 Å². The van der Waals surface area contributed by atoms with Crippen LogP contribution in [-0.2, 0) is 9.47 Å². The molecule has 0 aromatic carbocycles. The predicted octanol–water partition coefficient (Wildman–Crippen LogP) is 1.07. The summed E-state index contributed by atoms with van der Waals surface area (Å²) in [5.41, 5.74) is 0.454. The molecule has 0 bridgehead atoms. The van der Waals surface area contributed by atoms with Gasteiger partial charge in [0, 0.05) is 12.8 Å². The van der Waals surface area contributed by atoms with E-state index >= 15 is 0 Å². The number of nitrogens with one attached hydrogen (secondary N) is 1. The normalized spacial score (nSPS) is 19.4. The topological polar surface area (TPSA) is 60.5 Å². The molecule has 0 amide bonds. The van der Waals surface area contributed by atoms with Crippen molar-refractivity contribution in [3.63, 3.8) is 0 Å². The Morgan fingerprint density at radius 3 is 3.06 bits per heavy atom. The number of pyridine rings is 1. The van der Waals surface area contributed by atoms with E-state index in [9.17, 15) is 4.79 Å². The van der Waals surface area contributed by atoms with Gasteiger partial charge in [0.2, 0.25) is 0 Å². The van der Waals surface area contributed by atoms with Crippen molar-refractivity contribution in [3.8, 4) is 0 Å². The lowest BCUT2D eigenvalue weighted by Crippen LogP contribution is -2.19. The first-order valence-corrected chi connectivity index (χ1v) is 5.18. The molecular formula is C11H14N2O3. The molecule has 1 aromatic rings. The quantitative estimate of drug-likeness (QED) is 0.775. The number of carbonyl (C=O) groups excluding carboxylic acids is 1. The number of methoxy groups -OCH3 is 1. The fourth-order valence-corrected chi connectivity index (χ4v) is 1.58. The van der Waals surface area contributed by atoms with Crippen molar-refractivity contribution in [2.24, 2.45) is 0 Å². The molecule has 1 aliphatic rings. The number of hydrogen-bond donors (Lipinski definition) is 1. The fraction of sp³-hybridized carbons (Fsp3) is 0.455. The van der Waals surface area contributed by atoms with Gasteiger partial charge >= 0.3 is 5.97 Å². The van der Waals surface area contributed by atoms with Gasteiger partial charge in [-0.25, -0.2) is 9.78 Å². The van der Waals surface area contributed by atoms with Crippen LogP contribution in [0.1, 0.15) is 16.8 Å². The molecule has 1 aliphatic heterocycles. The number of aromatic nitrogens is 1. The highest BCUT2D eigenvalue weighted by Crippen LogP contribution is 2.12. The van der Waals surface area contributed by atoms with Crippen LogP contribution in [0.5, 0.6) is 0 Å². The molecule has 0 aliphatic carbocycles. The van der Waals surface area contributed by atoms with Gasteiger partial charge in [0.25, 0.3) is 0 Å². The minimum atomic E-state index is -0.372. The summed E-state index contributed by atoms with van der Waals surface area (Å²) in [6.07, 6.45) is 2.49. The van der Waals surface area contributed by atoms with Crippen molar-refractivity contribution < 1.29 is 14.3 Å². The molecule has 86 valence electrons. The van der Waals surface area contributed by atoms with Crippen molar-refractivity contribution >= 4 is 11.8 Å². The summed E-state index contributed by atoms with van der Waals surface area (Å²) in [5, 5.41) is 3.24. The van der Waals surface area contributed by atoms with E-state index in [0.717, 1.165) is 18.8 Å². The Bertz CT molecular complexity index is 358. The van der Waals surface area contributed by atoms with Gasteiger partial charge < -0.3 is 14.8 Å². The molecule has 16 heavy (non-hydrogen) atoms. The van der Waals surface area contributed by atoms with E-state index in [1.54, 1.807) is 12.1 Å². The molecule has 1 aromatic heterocycles. The van der Waals surface area contributed by atoms with Gasteiger partial charge in [-0.2, -0.15) is 0 Å². The average molecular weight is 222 g/mol. The van der Waals surface area contributed by atoms with Crippen LogP contribution < -0.4 is 5.32 Å². The summed E-state index contributed by atoms with van der Waals surface area (Å²) < 4.78 is 9.83. The average Bonchev–Trinajstić information content (AvgIpc) is 2.82. The first kappa shape index (κ1) is 10.9. The van der Waals surface area contributed by atoms with E-state index in [2.05, 4.69) is 15.0 Å². The lowest BCUT2D eigenvalue weighted by atomic mass is 10.2. The third-order valence-corrected chi connectivity index (χ3v) is 2.47. The summed E-state index contributed by atoms with van der Waals surface area (Å²) in [6.45, 7) is 1.50. The van der Waals surface area contributed by atoms with Crippen molar-refractivity contribution in [2.45, 2.75) is 12.5 Å². The van der Waals surface area contributed by atoms with Gasteiger partial charge in [-0.05, 0) is 18.6 Å². The maximum Gasteiger partial charge on any atom is 0.339 e. The molecule has 1 atom stereocenters. The van der Waals surface area contributed by atoms with Crippen LogP contribution in [0.15, 0.2) is 18.3 Å².